The highest BCUT2D eigenvalue weighted by molar-refractivity contribution is 7.91. The molecule has 1 saturated heterocycles. The first-order valence-electron chi connectivity index (χ1n) is 9.55. The van der Waals surface area contributed by atoms with Crippen LogP contribution in [0.2, 0.25) is 0 Å². The van der Waals surface area contributed by atoms with Gasteiger partial charge in [0.05, 0.1) is 11.5 Å². The van der Waals surface area contributed by atoms with Crippen molar-refractivity contribution in [3.8, 4) is 5.88 Å². The molecular formula is C20H22F3N3O4S. The maximum atomic E-state index is 13.1. The molecule has 2 heterocycles. The number of benzene rings is 1. The fraction of sp³-hybridized carbons (Fsp3) is 0.400. The van der Waals surface area contributed by atoms with E-state index in [1.54, 1.807) is 35.2 Å². The number of aromatic nitrogens is 1. The summed E-state index contributed by atoms with van der Waals surface area (Å²) in [5.41, 5.74) is 0.993. The van der Waals surface area contributed by atoms with Crippen molar-refractivity contribution in [3.63, 3.8) is 0 Å². The molecule has 11 heteroatoms. The monoisotopic (exact) mass is 457 g/mol. The van der Waals surface area contributed by atoms with Crippen LogP contribution in [0.15, 0.2) is 48.7 Å². The first-order chi connectivity index (χ1) is 14.6. The van der Waals surface area contributed by atoms with Gasteiger partial charge in [0.25, 0.3) is 0 Å². The number of pyridine rings is 1. The minimum absolute atomic E-state index is 0.0400. The summed E-state index contributed by atoms with van der Waals surface area (Å²) in [5.74, 6) is -0.680. The lowest BCUT2D eigenvalue weighted by Gasteiger charge is -2.33. The summed E-state index contributed by atoms with van der Waals surface area (Å²) in [5, 5.41) is 2.72. The minimum atomic E-state index is -4.51. The molecule has 0 spiro atoms. The number of carbonyl (C=O) groups is 1. The first kappa shape index (κ1) is 23.0. The topological polar surface area (TPSA) is 88.6 Å². The number of hydrogen-bond donors (Lipinski definition) is 1. The van der Waals surface area contributed by atoms with Crippen molar-refractivity contribution in [2.75, 3.05) is 31.2 Å². The zero-order valence-corrected chi connectivity index (χ0v) is 17.3. The fourth-order valence-corrected chi connectivity index (χ4v) is 4.50. The predicted octanol–water partition coefficient (Wildman–Crippen LogP) is 2.11. The van der Waals surface area contributed by atoms with E-state index in [1.807, 2.05) is 0 Å². The van der Waals surface area contributed by atoms with Crippen LogP contribution in [0.25, 0.3) is 0 Å². The summed E-state index contributed by atoms with van der Waals surface area (Å²) in [4.78, 5) is 18.7. The van der Waals surface area contributed by atoms with Crippen LogP contribution < -0.4 is 10.1 Å². The van der Waals surface area contributed by atoms with E-state index in [0.717, 1.165) is 0 Å². The highest BCUT2D eigenvalue weighted by atomic mass is 32.2. The summed E-state index contributed by atoms with van der Waals surface area (Å²) in [6.45, 7) is -1.15. The summed E-state index contributed by atoms with van der Waals surface area (Å²) in [7, 11) is -3.13. The maximum absolute atomic E-state index is 13.1. The van der Waals surface area contributed by atoms with Gasteiger partial charge in [-0.15, -0.1) is 0 Å². The number of hydrogen-bond acceptors (Lipinski definition) is 6. The van der Waals surface area contributed by atoms with Gasteiger partial charge in [0.15, 0.2) is 16.4 Å². The number of ether oxygens (including phenoxy) is 1. The fourth-order valence-electron chi connectivity index (χ4n) is 3.27. The second-order valence-electron chi connectivity index (χ2n) is 7.09. The molecule has 3 rings (SSSR count). The van der Waals surface area contributed by atoms with Gasteiger partial charge >= 0.3 is 6.18 Å². The van der Waals surface area contributed by atoms with Gasteiger partial charge in [-0.1, -0.05) is 36.4 Å². The van der Waals surface area contributed by atoms with Crippen LogP contribution in [0.3, 0.4) is 0 Å². The van der Waals surface area contributed by atoms with Gasteiger partial charge in [-0.25, -0.2) is 13.4 Å². The van der Waals surface area contributed by atoms with E-state index in [4.69, 9.17) is 4.74 Å². The molecule has 1 N–H and O–H groups in total. The lowest BCUT2D eigenvalue weighted by atomic mass is 10.0. The lowest BCUT2D eigenvalue weighted by molar-refractivity contribution is -0.154. The molecule has 1 atom stereocenters. The number of rotatable bonds is 7. The largest absolute Gasteiger partial charge is 0.468 e. The second-order valence-corrected chi connectivity index (χ2v) is 9.39. The van der Waals surface area contributed by atoms with Crippen molar-refractivity contribution in [2.45, 2.75) is 18.8 Å². The Kier molecular flexibility index (Phi) is 7.16. The molecular weight excluding hydrogens is 435 g/mol. The van der Waals surface area contributed by atoms with Crippen LogP contribution in [0.5, 0.6) is 5.88 Å². The van der Waals surface area contributed by atoms with Crippen molar-refractivity contribution in [1.82, 2.24) is 15.2 Å². The Balaban J connectivity index is 1.73. The van der Waals surface area contributed by atoms with Crippen molar-refractivity contribution in [1.29, 1.82) is 0 Å². The predicted molar refractivity (Wildman–Crippen MR) is 107 cm³/mol. The van der Waals surface area contributed by atoms with Crippen LogP contribution in [-0.2, 0) is 21.2 Å². The number of nitrogens with one attached hydrogen (secondary N) is 1. The molecule has 2 aromatic rings. The van der Waals surface area contributed by atoms with Gasteiger partial charge in [0.2, 0.25) is 11.8 Å². The number of amides is 1. The summed E-state index contributed by atoms with van der Waals surface area (Å²) in [6.07, 6.45) is -3.21. The molecule has 168 valence electrons. The Morgan fingerprint density at radius 2 is 1.81 bits per heavy atom. The average molecular weight is 457 g/mol. The van der Waals surface area contributed by atoms with Gasteiger partial charge in [0.1, 0.15) is 6.04 Å². The van der Waals surface area contributed by atoms with Gasteiger partial charge in [-0.3, -0.25) is 9.69 Å². The molecule has 1 aromatic carbocycles. The highest BCUT2D eigenvalue weighted by Crippen LogP contribution is 2.24. The number of halogens is 3. The smallest absolute Gasteiger partial charge is 0.422 e. The Hall–Kier alpha value is -2.66. The Labute approximate surface area is 178 Å². The van der Waals surface area contributed by atoms with E-state index in [-0.39, 0.29) is 37.0 Å². The SMILES string of the molecule is O=C(NCc1cccnc1OCC(F)(F)F)C(c1ccccc1)N1CCS(=O)(=O)CC1. The van der Waals surface area contributed by atoms with Gasteiger partial charge in [0, 0.05) is 31.4 Å². The molecule has 0 saturated carbocycles. The third kappa shape index (κ3) is 6.66. The van der Waals surface area contributed by atoms with Crippen molar-refractivity contribution in [3.05, 3.63) is 59.8 Å². The Bertz CT molecular complexity index is 986. The van der Waals surface area contributed by atoms with Gasteiger partial charge in [-0.05, 0) is 11.6 Å². The van der Waals surface area contributed by atoms with E-state index >= 15 is 0 Å². The van der Waals surface area contributed by atoms with E-state index < -0.39 is 34.6 Å². The Morgan fingerprint density at radius 1 is 1.13 bits per heavy atom. The number of sulfone groups is 1. The van der Waals surface area contributed by atoms with Crippen LogP contribution in [-0.4, -0.2) is 61.6 Å². The van der Waals surface area contributed by atoms with Gasteiger partial charge in [-0.2, -0.15) is 13.2 Å². The summed E-state index contributed by atoms with van der Waals surface area (Å²) < 4.78 is 65.7. The van der Waals surface area contributed by atoms with Crippen LogP contribution >= 0.6 is 0 Å². The molecule has 1 aliphatic heterocycles. The molecule has 1 aromatic heterocycles. The molecule has 1 unspecified atom stereocenters. The van der Waals surface area contributed by atoms with E-state index in [9.17, 15) is 26.4 Å². The van der Waals surface area contributed by atoms with Crippen molar-refractivity contribution in [2.24, 2.45) is 0 Å². The molecule has 1 amide bonds. The lowest BCUT2D eigenvalue weighted by Crippen LogP contribution is -2.47. The maximum Gasteiger partial charge on any atom is 0.422 e. The zero-order chi connectivity index (χ0) is 22.5. The Morgan fingerprint density at radius 3 is 2.45 bits per heavy atom. The van der Waals surface area contributed by atoms with Crippen molar-refractivity contribution < 1.29 is 31.1 Å². The normalized spacial score (nSPS) is 17.6. The molecule has 7 nitrogen and oxygen atoms in total. The minimum Gasteiger partial charge on any atom is -0.468 e. The standard InChI is InChI=1S/C20H22F3N3O4S/c21-20(22,23)14-30-19-16(7-4-8-24-19)13-25-18(27)17(15-5-2-1-3-6-15)26-9-11-31(28,29)12-10-26/h1-8,17H,9-14H2,(H,25,27). The molecule has 31 heavy (non-hydrogen) atoms. The average Bonchev–Trinajstić information content (AvgIpc) is 2.73. The third-order valence-electron chi connectivity index (χ3n) is 4.78. The number of alkyl halides is 3. The number of carbonyl (C=O) groups excluding carboxylic acids is 1. The van der Waals surface area contributed by atoms with Gasteiger partial charge < -0.3 is 10.1 Å². The molecule has 1 aliphatic rings. The quantitative estimate of drug-likeness (QED) is 0.685. The number of nitrogens with zero attached hydrogens (tertiary/aromatic N) is 2. The first-order valence-corrected chi connectivity index (χ1v) is 11.4. The van der Waals surface area contributed by atoms with E-state index in [1.165, 1.54) is 18.3 Å². The molecule has 0 aliphatic carbocycles. The summed E-state index contributed by atoms with van der Waals surface area (Å²) >= 11 is 0. The molecule has 1 fully saturated rings. The molecule has 0 bridgehead atoms. The van der Waals surface area contributed by atoms with E-state index in [2.05, 4.69) is 10.3 Å². The zero-order valence-electron chi connectivity index (χ0n) is 16.5. The summed E-state index contributed by atoms with van der Waals surface area (Å²) in [6, 6.07) is 11.2. The second kappa shape index (κ2) is 9.65. The highest BCUT2D eigenvalue weighted by Gasteiger charge is 2.33. The van der Waals surface area contributed by atoms with Crippen molar-refractivity contribution >= 4 is 15.7 Å². The van der Waals surface area contributed by atoms with Crippen LogP contribution in [0.4, 0.5) is 13.2 Å². The molecule has 0 radical (unpaired) electrons. The van der Waals surface area contributed by atoms with Crippen LogP contribution in [0.1, 0.15) is 17.2 Å². The van der Waals surface area contributed by atoms with E-state index in [0.29, 0.717) is 11.1 Å². The van der Waals surface area contributed by atoms with Crippen LogP contribution in [0, 0.1) is 0 Å². The third-order valence-corrected chi connectivity index (χ3v) is 6.39.